The van der Waals surface area contributed by atoms with Crippen LogP contribution in [-0.4, -0.2) is 7.05 Å². The Bertz CT molecular complexity index is 657. The highest BCUT2D eigenvalue weighted by atomic mass is 35.5. The summed E-state index contributed by atoms with van der Waals surface area (Å²) in [5.74, 6) is -0.379. The molecule has 1 N–H and O–H groups in total. The van der Waals surface area contributed by atoms with Gasteiger partial charge in [0.2, 0.25) is 0 Å². The summed E-state index contributed by atoms with van der Waals surface area (Å²) in [6.45, 7) is 0. The molecule has 2 aromatic rings. The molecule has 1 aliphatic rings. The lowest BCUT2D eigenvalue weighted by atomic mass is 9.92. The van der Waals surface area contributed by atoms with E-state index in [1.165, 1.54) is 18.2 Å². The van der Waals surface area contributed by atoms with Crippen LogP contribution < -0.4 is 10.1 Å². The monoisotopic (exact) mass is 309 g/mol. The van der Waals surface area contributed by atoms with Crippen molar-refractivity contribution >= 4 is 11.6 Å². The molecular weight excluding hydrogens is 296 g/mol. The quantitative estimate of drug-likeness (QED) is 0.887. The molecule has 3 rings (SSSR count). The van der Waals surface area contributed by atoms with E-state index in [-0.39, 0.29) is 11.9 Å². The Morgan fingerprint density at radius 1 is 1.24 bits per heavy atom. The van der Waals surface area contributed by atoms with Gasteiger partial charge in [0.1, 0.15) is 23.5 Å². The third-order valence-electron chi connectivity index (χ3n) is 3.74. The smallest absolute Gasteiger partial charge is 0.131 e. The maximum absolute atomic E-state index is 14.1. The van der Waals surface area contributed by atoms with Crippen molar-refractivity contribution in [3.8, 4) is 5.75 Å². The van der Waals surface area contributed by atoms with E-state index in [1.54, 1.807) is 18.2 Å². The molecule has 2 unspecified atom stereocenters. The van der Waals surface area contributed by atoms with Crippen molar-refractivity contribution in [1.82, 2.24) is 5.32 Å². The average molecular weight is 310 g/mol. The first kappa shape index (κ1) is 14.3. The van der Waals surface area contributed by atoms with E-state index in [2.05, 4.69) is 5.32 Å². The second kappa shape index (κ2) is 5.62. The topological polar surface area (TPSA) is 21.3 Å². The van der Waals surface area contributed by atoms with Crippen molar-refractivity contribution in [2.45, 2.75) is 18.6 Å². The van der Waals surface area contributed by atoms with Gasteiger partial charge in [0.05, 0.1) is 5.02 Å². The Morgan fingerprint density at radius 3 is 2.76 bits per heavy atom. The number of rotatable bonds is 2. The van der Waals surface area contributed by atoms with E-state index in [0.29, 0.717) is 22.8 Å². The molecule has 0 saturated heterocycles. The molecule has 1 heterocycles. The van der Waals surface area contributed by atoms with Gasteiger partial charge < -0.3 is 10.1 Å². The minimum Gasteiger partial charge on any atom is -0.485 e. The number of hydrogen-bond acceptors (Lipinski definition) is 2. The predicted octanol–water partition coefficient (Wildman–Crippen LogP) is 4.40. The second-order valence-corrected chi connectivity index (χ2v) is 5.41. The predicted molar refractivity (Wildman–Crippen MR) is 77.6 cm³/mol. The summed E-state index contributed by atoms with van der Waals surface area (Å²) in [4.78, 5) is 0. The molecule has 0 aromatic heterocycles. The fourth-order valence-corrected chi connectivity index (χ4v) is 2.99. The highest BCUT2D eigenvalue weighted by Crippen LogP contribution is 2.43. The zero-order chi connectivity index (χ0) is 15.0. The van der Waals surface area contributed by atoms with Crippen molar-refractivity contribution in [2.75, 3.05) is 7.05 Å². The first-order valence-electron chi connectivity index (χ1n) is 6.67. The van der Waals surface area contributed by atoms with Crippen LogP contribution in [0.1, 0.15) is 29.7 Å². The standard InChI is InChI=1S/C16H14ClF2NO/c1-20-13-8-15(16-11(17)3-2-4-12(16)19)21-14-7-9(18)5-6-10(13)14/h2-7,13,15,20H,8H2,1H3. The van der Waals surface area contributed by atoms with Crippen LogP contribution in [0.15, 0.2) is 36.4 Å². The normalized spacial score (nSPS) is 20.8. The summed E-state index contributed by atoms with van der Waals surface area (Å²) in [5, 5.41) is 3.46. The maximum Gasteiger partial charge on any atom is 0.131 e. The lowest BCUT2D eigenvalue weighted by Crippen LogP contribution is -2.27. The van der Waals surface area contributed by atoms with E-state index in [4.69, 9.17) is 16.3 Å². The molecule has 110 valence electrons. The lowest BCUT2D eigenvalue weighted by molar-refractivity contribution is 0.149. The first-order chi connectivity index (χ1) is 10.1. The van der Waals surface area contributed by atoms with Crippen LogP contribution in [0.5, 0.6) is 5.75 Å². The summed E-state index contributed by atoms with van der Waals surface area (Å²) >= 11 is 6.10. The fraction of sp³-hybridized carbons (Fsp3) is 0.250. The molecule has 0 saturated carbocycles. The van der Waals surface area contributed by atoms with Crippen LogP contribution in [0.25, 0.3) is 0 Å². The molecule has 2 aromatic carbocycles. The minimum atomic E-state index is -0.551. The Kier molecular flexibility index (Phi) is 3.83. The van der Waals surface area contributed by atoms with Crippen molar-refractivity contribution in [3.05, 3.63) is 64.2 Å². The Balaban J connectivity index is 2.04. The van der Waals surface area contributed by atoms with Crippen LogP contribution in [0, 0.1) is 11.6 Å². The van der Waals surface area contributed by atoms with Gasteiger partial charge in [-0.05, 0) is 25.2 Å². The number of ether oxygens (including phenoxy) is 1. The molecule has 2 atom stereocenters. The first-order valence-corrected chi connectivity index (χ1v) is 7.05. The molecule has 0 spiro atoms. The Morgan fingerprint density at radius 2 is 2.05 bits per heavy atom. The zero-order valence-corrected chi connectivity index (χ0v) is 12.1. The fourth-order valence-electron chi connectivity index (χ4n) is 2.71. The highest BCUT2D eigenvalue weighted by molar-refractivity contribution is 6.31. The maximum atomic E-state index is 14.1. The molecule has 0 fully saturated rings. The molecule has 1 aliphatic heterocycles. The van der Waals surface area contributed by atoms with Crippen molar-refractivity contribution < 1.29 is 13.5 Å². The van der Waals surface area contributed by atoms with Gasteiger partial charge in [0, 0.05) is 29.7 Å². The van der Waals surface area contributed by atoms with Crippen molar-refractivity contribution in [2.24, 2.45) is 0 Å². The van der Waals surface area contributed by atoms with Gasteiger partial charge in [0.15, 0.2) is 0 Å². The molecule has 0 aliphatic carbocycles. The summed E-state index contributed by atoms with van der Waals surface area (Å²) in [6.07, 6.45) is -0.0269. The van der Waals surface area contributed by atoms with E-state index < -0.39 is 11.9 Å². The van der Waals surface area contributed by atoms with Gasteiger partial charge in [-0.25, -0.2) is 8.78 Å². The number of benzene rings is 2. The summed E-state index contributed by atoms with van der Waals surface area (Å²) in [7, 11) is 1.81. The lowest BCUT2D eigenvalue weighted by Gasteiger charge is -2.32. The second-order valence-electron chi connectivity index (χ2n) is 5.00. The van der Waals surface area contributed by atoms with Gasteiger partial charge in [-0.2, -0.15) is 0 Å². The number of halogens is 3. The summed E-state index contributed by atoms with van der Waals surface area (Å²) < 4.78 is 33.3. The molecule has 21 heavy (non-hydrogen) atoms. The third-order valence-corrected chi connectivity index (χ3v) is 4.07. The summed E-state index contributed by atoms with van der Waals surface area (Å²) in [5.41, 5.74) is 1.18. The van der Waals surface area contributed by atoms with Gasteiger partial charge in [-0.1, -0.05) is 23.7 Å². The van der Waals surface area contributed by atoms with Gasteiger partial charge in [-0.15, -0.1) is 0 Å². The number of fused-ring (bicyclic) bond motifs is 1. The largest absolute Gasteiger partial charge is 0.485 e. The Hall–Kier alpha value is -1.65. The SMILES string of the molecule is CNC1CC(c2c(F)cccc2Cl)Oc2cc(F)ccc21. The Labute approximate surface area is 126 Å². The van der Waals surface area contributed by atoms with Gasteiger partial charge >= 0.3 is 0 Å². The van der Waals surface area contributed by atoms with Gasteiger partial charge in [-0.3, -0.25) is 0 Å². The third kappa shape index (κ3) is 2.61. The average Bonchev–Trinajstić information content (AvgIpc) is 2.45. The zero-order valence-electron chi connectivity index (χ0n) is 11.4. The van der Waals surface area contributed by atoms with E-state index in [1.807, 2.05) is 7.05 Å². The molecule has 0 amide bonds. The molecule has 2 nitrogen and oxygen atoms in total. The summed E-state index contributed by atoms with van der Waals surface area (Å²) in [6, 6.07) is 8.87. The number of hydrogen-bond donors (Lipinski definition) is 1. The van der Waals surface area contributed by atoms with Crippen LogP contribution in [0.2, 0.25) is 5.02 Å². The van der Waals surface area contributed by atoms with Crippen LogP contribution in [-0.2, 0) is 0 Å². The van der Waals surface area contributed by atoms with E-state index >= 15 is 0 Å². The van der Waals surface area contributed by atoms with E-state index in [0.717, 1.165) is 5.56 Å². The minimum absolute atomic E-state index is 0.0463. The van der Waals surface area contributed by atoms with Crippen LogP contribution in [0.4, 0.5) is 8.78 Å². The number of nitrogens with one attached hydrogen (secondary N) is 1. The highest BCUT2D eigenvalue weighted by Gasteiger charge is 2.31. The van der Waals surface area contributed by atoms with Crippen molar-refractivity contribution in [3.63, 3.8) is 0 Å². The van der Waals surface area contributed by atoms with Crippen molar-refractivity contribution in [1.29, 1.82) is 0 Å². The van der Waals surface area contributed by atoms with Gasteiger partial charge in [0.25, 0.3) is 0 Å². The molecule has 0 radical (unpaired) electrons. The molecule has 0 bridgehead atoms. The van der Waals surface area contributed by atoms with Crippen LogP contribution >= 0.6 is 11.6 Å². The molecule has 5 heteroatoms. The van der Waals surface area contributed by atoms with E-state index in [9.17, 15) is 8.78 Å². The van der Waals surface area contributed by atoms with Crippen LogP contribution in [0.3, 0.4) is 0 Å². The molecular formula is C16H14ClF2NO.